The van der Waals surface area contributed by atoms with Gasteiger partial charge >= 0.3 is 0 Å². The number of benzene rings is 3. The number of aryl methyl sites for hydroxylation is 2. The number of nitrogens with one attached hydrogen (secondary N) is 1. The molecule has 38 heavy (non-hydrogen) atoms. The van der Waals surface area contributed by atoms with E-state index in [1.807, 2.05) is 55.5 Å². The Hall–Kier alpha value is -4.21. The van der Waals surface area contributed by atoms with E-state index < -0.39 is 10.0 Å². The van der Waals surface area contributed by atoms with E-state index in [4.69, 9.17) is 0 Å². The normalized spacial score (nSPS) is 13.2. The molecule has 3 N–H and O–H groups in total. The van der Waals surface area contributed by atoms with Crippen LogP contribution in [-0.2, 0) is 23.0 Å². The highest BCUT2D eigenvalue weighted by atomic mass is 32.2. The van der Waals surface area contributed by atoms with Gasteiger partial charge in [0.15, 0.2) is 0 Å². The van der Waals surface area contributed by atoms with E-state index in [9.17, 15) is 23.4 Å². The lowest BCUT2D eigenvalue weighted by molar-refractivity contribution is 0.0982. The van der Waals surface area contributed by atoms with Crippen LogP contribution in [0.15, 0.2) is 83.9 Å². The molecule has 1 amide bonds. The molecule has 1 aromatic heterocycles. The molecular weight excluding hydrogens is 502 g/mol. The van der Waals surface area contributed by atoms with E-state index in [2.05, 4.69) is 9.71 Å². The zero-order valence-corrected chi connectivity index (χ0v) is 21.6. The summed E-state index contributed by atoms with van der Waals surface area (Å²) in [7, 11) is -3.74. The van der Waals surface area contributed by atoms with Crippen LogP contribution < -0.4 is 9.62 Å². The van der Waals surface area contributed by atoms with Crippen molar-refractivity contribution in [3.05, 3.63) is 101 Å². The molecule has 3 aromatic carbocycles. The number of aromatic hydroxyl groups is 2. The van der Waals surface area contributed by atoms with Crippen LogP contribution in [0.1, 0.15) is 33.5 Å². The maximum absolute atomic E-state index is 13.2. The van der Waals surface area contributed by atoms with Crippen LogP contribution in [0, 0.1) is 6.92 Å². The Morgan fingerprint density at radius 2 is 1.82 bits per heavy atom. The topological polar surface area (TPSA) is 120 Å². The van der Waals surface area contributed by atoms with Crippen molar-refractivity contribution >= 4 is 21.6 Å². The summed E-state index contributed by atoms with van der Waals surface area (Å²) in [5.41, 5.74) is 4.89. The highest BCUT2D eigenvalue weighted by molar-refractivity contribution is 7.89. The maximum Gasteiger partial charge on any atom is 0.262 e. The van der Waals surface area contributed by atoms with E-state index in [0.717, 1.165) is 41.3 Å². The van der Waals surface area contributed by atoms with Crippen molar-refractivity contribution in [2.45, 2.75) is 31.2 Å². The van der Waals surface area contributed by atoms with Gasteiger partial charge in [-0.05, 0) is 66.8 Å². The van der Waals surface area contributed by atoms with E-state index in [1.54, 1.807) is 11.0 Å². The number of phenolic OH excluding ortho intramolecular Hbond substituents is 2. The average Bonchev–Trinajstić information content (AvgIpc) is 2.91. The number of fused-ring (bicyclic) bond motifs is 1. The molecule has 9 heteroatoms. The SMILES string of the molecule is Cc1cc(S(=O)(=O)NCc2ccccc2)cnc1-c1ccc2c(c1)CCCN2C(=O)c1ccc(O)cc1O. The fraction of sp³-hybridized carbons (Fsp3) is 0.172. The number of rotatable bonds is 6. The van der Waals surface area contributed by atoms with Gasteiger partial charge in [0, 0.05) is 36.6 Å². The molecule has 0 atom stereocenters. The van der Waals surface area contributed by atoms with Gasteiger partial charge in [-0.1, -0.05) is 36.4 Å². The van der Waals surface area contributed by atoms with Crippen molar-refractivity contribution in [2.24, 2.45) is 0 Å². The van der Waals surface area contributed by atoms with Crippen LogP contribution in [-0.4, -0.2) is 36.1 Å². The zero-order chi connectivity index (χ0) is 26.9. The second-order valence-corrected chi connectivity index (χ2v) is 11.0. The van der Waals surface area contributed by atoms with E-state index in [1.165, 1.54) is 18.3 Å². The van der Waals surface area contributed by atoms with E-state index in [0.29, 0.717) is 17.8 Å². The first-order valence-corrected chi connectivity index (χ1v) is 13.7. The molecule has 0 saturated carbocycles. The number of hydrogen-bond acceptors (Lipinski definition) is 6. The zero-order valence-electron chi connectivity index (χ0n) is 20.8. The Labute approximate surface area is 221 Å². The molecule has 0 radical (unpaired) electrons. The Kier molecular flexibility index (Phi) is 6.88. The molecule has 5 rings (SSSR count). The highest BCUT2D eigenvalue weighted by Gasteiger charge is 2.26. The third kappa shape index (κ3) is 5.11. The third-order valence-corrected chi connectivity index (χ3v) is 7.97. The number of amides is 1. The first-order valence-electron chi connectivity index (χ1n) is 12.2. The molecule has 4 aromatic rings. The number of aromatic nitrogens is 1. The third-order valence-electron chi connectivity index (χ3n) is 6.60. The predicted octanol–water partition coefficient (Wildman–Crippen LogP) is 4.54. The molecular formula is C29H27N3O5S. The summed E-state index contributed by atoms with van der Waals surface area (Å²) in [6.45, 7) is 2.51. The van der Waals surface area contributed by atoms with Gasteiger partial charge in [0.1, 0.15) is 16.4 Å². The summed E-state index contributed by atoms with van der Waals surface area (Å²) in [4.78, 5) is 19.4. The van der Waals surface area contributed by atoms with Crippen molar-refractivity contribution < 1.29 is 23.4 Å². The predicted molar refractivity (Wildman–Crippen MR) is 145 cm³/mol. The molecule has 194 valence electrons. The minimum absolute atomic E-state index is 0.0955. The first-order chi connectivity index (χ1) is 18.2. The first kappa shape index (κ1) is 25.4. The Balaban J connectivity index is 1.39. The van der Waals surface area contributed by atoms with E-state index in [-0.39, 0.29) is 34.4 Å². The molecule has 8 nitrogen and oxygen atoms in total. The minimum Gasteiger partial charge on any atom is -0.508 e. The smallest absolute Gasteiger partial charge is 0.262 e. The van der Waals surface area contributed by atoms with Gasteiger partial charge < -0.3 is 15.1 Å². The lowest BCUT2D eigenvalue weighted by Gasteiger charge is -2.30. The summed E-state index contributed by atoms with van der Waals surface area (Å²) in [6.07, 6.45) is 2.87. The number of carbonyl (C=O) groups excluding carboxylic acids is 1. The molecule has 1 aliphatic rings. The minimum atomic E-state index is -3.74. The number of hydrogen-bond donors (Lipinski definition) is 3. The standard InChI is InChI=1S/C29H27N3O5S/c1-19-14-24(38(36,37)31-17-20-6-3-2-4-7-20)18-30-28(19)22-9-12-26-21(15-22)8-5-13-32(26)29(35)25-11-10-23(33)16-27(25)34/h2-4,6-7,9-12,14-16,18,31,33-34H,5,8,13,17H2,1H3. The lowest BCUT2D eigenvalue weighted by Crippen LogP contribution is -2.35. The van der Waals surface area contributed by atoms with Crippen LogP contribution in [0.2, 0.25) is 0 Å². The van der Waals surface area contributed by atoms with E-state index >= 15 is 0 Å². The molecule has 0 bridgehead atoms. The quantitative estimate of drug-likeness (QED) is 0.337. The molecule has 0 spiro atoms. The monoisotopic (exact) mass is 529 g/mol. The highest BCUT2D eigenvalue weighted by Crippen LogP contribution is 2.34. The van der Waals surface area contributed by atoms with Gasteiger partial charge in [-0.25, -0.2) is 13.1 Å². The van der Waals surface area contributed by atoms with Crippen LogP contribution in [0.4, 0.5) is 5.69 Å². The number of phenols is 2. The number of anilines is 1. The van der Waals surface area contributed by atoms with Crippen LogP contribution in [0.3, 0.4) is 0 Å². The summed E-state index contributed by atoms with van der Waals surface area (Å²) >= 11 is 0. The van der Waals surface area contributed by atoms with Crippen molar-refractivity contribution in [1.82, 2.24) is 9.71 Å². The van der Waals surface area contributed by atoms with Crippen molar-refractivity contribution in [3.8, 4) is 22.8 Å². The van der Waals surface area contributed by atoms with Gasteiger partial charge in [0.05, 0.1) is 11.3 Å². The Morgan fingerprint density at radius 1 is 1.03 bits per heavy atom. The van der Waals surface area contributed by atoms with Crippen molar-refractivity contribution in [3.63, 3.8) is 0 Å². The maximum atomic E-state index is 13.2. The molecule has 1 aliphatic heterocycles. The number of nitrogens with zero attached hydrogens (tertiary/aromatic N) is 2. The van der Waals surface area contributed by atoms with Gasteiger partial charge in [-0.15, -0.1) is 0 Å². The molecule has 2 heterocycles. The second kappa shape index (κ2) is 10.3. The van der Waals surface area contributed by atoms with Crippen LogP contribution in [0.5, 0.6) is 11.5 Å². The fourth-order valence-electron chi connectivity index (χ4n) is 4.66. The summed E-state index contributed by atoms with van der Waals surface area (Å²) in [6, 6.07) is 20.5. The van der Waals surface area contributed by atoms with Gasteiger partial charge in [0.25, 0.3) is 5.91 Å². The molecule has 0 fully saturated rings. The van der Waals surface area contributed by atoms with Crippen LogP contribution in [0.25, 0.3) is 11.3 Å². The van der Waals surface area contributed by atoms with Crippen LogP contribution >= 0.6 is 0 Å². The number of carbonyl (C=O) groups is 1. The number of sulfonamides is 1. The summed E-state index contributed by atoms with van der Waals surface area (Å²) < 4.78 is 28.3. The Morgan fingerprint density at radius 3 is 2.55 bits per heavy atom. The lowest BCUT2D eigenvalue weighted by atomic mass is 9.96. The van der Waals surface area contributed by atoms with Crippen molar-refractivity contribution in [1.29, 1.82) is 0 Å². The molecule has 0 unspecified atom stereocenters. The second-order valence-electron chi connectivity index (χ2n) is 9.25. The summed E-state index contributed by atoms with van der Waals surface area (Å²) in [5.74, 6) is -0.730. The fourth-order valence-corrected chi connectivity index (χ4v) is 5.70. The van der Waals surface area contributed by atoms with Gasteiger partial charge in [-0.3, -0.25) is 9.78 Å². The largest absolute Gasteiger partial charge is 0.508 e. The number of pyridine rings is 1. The average molecular weight is 530 g/mol. The Bertz CT molecular complexity index is 1620. The molecule has 0 saturated heterocycles. The van der Waals surface area contributed by atoms with Gasteiger partial charge in [0.2, 0.25) is 10.0 Å². The van der Waals surface area contributed by atoms with Crippen molar-refractivity contribution in [2.75, 3.05) is 11.4 Å². The summed E-state index contributed by atoms with van der Waals surface area (Å²) in [5, 5.41) is 19.7. The van der Waals surface area contributed by atoms with Gasteiger partial charge in [-0.2, -0.15) is 0 Å². The molecule has 0 aliphatic carbocycles.